The van der Waals surface area contributed by atoms with Crippen molar-refractivity contribution in [3.63, 3.8) is 0 Å². The summed E-state index contributed by atoms with van der Waals surface area (Å²) in [7, 11) is 0. The van der Waals surface area contributed by atoms with E-state index in [-0.39, 0.29) is 6.61 Å². The number of aliphatic hydroxyl groups excluding tert-OH is 1. The van der Waals surface area contributed by atoms with Gasteiger partial charge < -0.3 is 10.4 Å². The molecule has 0 spiro atoms. The lowest BCUT2D eigenvalue weighted by Crippen LogP contribution is -2.16. The number of pyridine rings is 1. The van der Waals surface area contributed by atoms with Crippen LogP contribution in [0.4, 0.5) is 19.0 Å². The van der Waals surface area contributed by atoms with Gasteiger partial charge in [-0.1, -0.05) is 13.3 Å². The standard InChI is InChI=1S/C12H17F3N2O/c1-2-9(5-6-18)7-16-11-4-3-10(8-17-11)12(13,14)15/h3-4,8-9,18H,2,5-7H2,1H3,(H,16,17). The Morgan fingerprint density at radius 1 is 1.39 bits per heavy atom. The number of hydrogen-bond donors (Lipinski definition) is 2. The molecule has 0 aliphatic carbocycles. The van der Waals surface area contributed by atoms with Gasteiger partial charge in [0.25, 0.3) is 0 Å². The van der Waals surface area contributed by atoms with Crippen molar-refractivity contribution < 1.29 is 18.3 Å². The average Bonchev–Trinajstić information content (AvgIpc) is 2.34. The van der Waals surface area contributed by atoms with Crippen molar-refractivity contribution in [3.05, 3.63) is 23.9 Å². The summed E-state index contributed by atoms with van der Waals surface area (Å²) in [6.07, 6.45) is -1.97. The first-order valence-electron chi connectivity index (χ1n) is 5.85. The molecular formula is C12H17F3N2O. The van der Waals surface area contributed by atoms with E-state index in [9.17, 15) is 13.2 Å². The van der Waals surface area contributed by atoms with Gasteiger partial charge in [0.05, 0.1) is 5.56 Å². The third-order valence-corrected chi connectivity index (χ3v) is 2.78. The first kappa shape index (κ1) is 14.8. The van der Waals surface area contributed by atoms with Crippen LogP contribution in [0.25, 0.3) is 0 Å². The second-order valence-corrected chi connectivity index (χ2v) is 4.10. The van der Waals surface area contributed by atoms with Crippen molar-refractivity contribution >= 4 is 5.82 Å². The number of anilines is 1. The predicted octanol–water partition coefficient (Wildman–Crippen LogP) is 2.92. The summed E-state index contributed by atoms with van der Waals surface area (Å²) in [6.45, 7) is 2.71. The lowest BCUT2D eigenvalue weighted by atomic mass is 10.0. The first-order valence-corrected chi connectivity index (χ1v) is 5.85. The Balaban J connectivity index is 2.53. The quantitative estimate of drug-likeness (QED) is 0.828. The zero-order valence-corrected chi connectivity index (χ0v) is 10.2. The fourth-order valence-corrected chi connectivity index (χ4v) is 1.55. The molecule has 1 heterocycles. The van der Waals surface area contributed by atoms with E-state index in [2.05, 4.69) is 10.3 Å². The number of hydrogen-bond acceptors (Lipinski definition) is 3. The minimum atomic E-state index is -4.35. The van der Waals surface area contributed by atoms with Gasteiger partial charge >= 0.3 is 6.18 Å². The van der Waals surface area contributed by atoms with E-state index >= 15 is 0 Å². The van der Waals surface area contributed by atoms with Crippen LogP contribution in [0.1, 0.15) is 25.3 Å². The number of rotatable bonds is 6. The van der Waals surface area contributed by atoms with Gasteiger partial charge in [-0.15, -0.1) is 0 Å². The number of aliphatic hydroxyl groups is 1. The molecule has 0 fully saturated rings. The molecule has 3 nitrogen and oxygen atoms in total. The smallest absolute Gasteiger partial charge is 0.396 e. The third-order valence-electron chi connectivity index (χ3n) is 2.78. The highest BCUT2D eigenvalue weighted by atomic mass is 19.4. The molecule has 1 rings (SSSR count). The molecule has 1 aromatic rings. The molecule has 0 aromatic carbocycles. The zero-order chi connectivity index (χ0) is 13.6. The van der Waals surface area contributed by atoms with Gasteiger partial charge in [-0.3, -0.25) is 0 Å². The largest absolute Gasteiger partial charge is 0.417 e. The van der Waals surface area contributed by atoms with Gasteiger partial charge in [-0.05, 0) is 24.5 Å². The molecule has 0 saturated heterocycles. The van der Waals surface area contributed by atoms with E-state index in [4.69, 9.17) is 5.11 Å². The van der Waals surface area contributed by atoms with Crippen LogP contribution in [-0.4, -0.2) is 23.2 Å². The molecule has 1 unspecified atom stereocenters. The molecule has 0 radical (unpaired) electrons. The summed E-state index contributed by atoms with van der Waals surface area (Å²) >= 11 is 0. The maximum absolute atomic E-state index is 12.3. The third kappa shape index (κ3) is 4.52. The van der Waals surface area contributed by atoms with Crippen molar-refractivity contribution in [3.8, 4) is 0 Å². The minimum absolute atomic E-state index is 0.112. The number of alkyl halides is 3. The summed E-state index contributed by atoms with van der Waals surface area (Å²) in [5, 5.41) is 11.8. The Morgan fingerprint density at radius 3 is 2.56 bits per heavy atom. The van der Waals surface area contributed by atoms with Crippen LogP contribution in [0.5, 0.6) is 0 Å². The van der Waals surface area contributed by atoms with Crippen LogP contribution in [-0.2, 0) is 6.18 Å². The van der Waals surface area contributed by atoms with Crippen molar-refractivity contribution in [1.82, 2.24) is 4.98 Å². The van der Waals surface area contributed by atoms with Crippen LogP contribution in [0.2, 0.25) is 0 Å². The molecular weight excluding hydrogens is 245 g/mol. The first-order chi connectivity index (χ1) is 8.47. The molecule has 6 heteroatoms. The Morgan fingerprint density at radius 2 is 2.11 bits per heavy atom. The summed E-state index contributed by atoms with van der Waals surface area (Å²) in [4.78, 5) is 3.72. The average molecular weight is 262 g/mol. The lowest BCUT2D eigenvalue weighted by Gasteiger charge is -2.15. The second kappa shape index (κ2) is 6.58. The highest BCUT2D eigenvalue weighted by Gasteiger charge is 2.30. The van der Waals surface area contributed by atoms with Crippen molar-refractivity contribution in [2.45, 2.75) is 25.9 Å². The highest BCUT2D eigenvalue weighted by molar-refractivity contribution is 5.36. The highest BCUT2D eigenvalue weighted by Crippen LogP contribution is 2.28. The Labute approximate surface area is 104 Å². The van der Waals surface area contributed by atoms with Crippen LogP contribution >= 0.6 is 0 Å². The fourth-order valence-electron chi connectivity index (χ4n) is 1.55. The van der Waals surface area contributed by atoms with Crippen LogP contribution in [0.15, 0.2) is 18.3 Å². The molecule has 0 aliphatic heterocycles. The number of nitrogens with zero attached hydrogens (tertiary/aromatic N) is 1. The predicted molar refractivity (Wildman–Crippen MR) is 63.2 cm³/mol. The monoisotopic (exact) mass is 262 g/mol. The van der Waals surface area contributed by atoms with Gasteiger partial charge in [0.15, 0.2) is 0 Å². The van der Waals surface area contributed by atoms with Crippen LogP contribution < -0.4 is 5.32 Å². The lowest BCUT2D eigenvalue weighted by molar-refractivity contribution is -0.137. The van der Waals surface area contributed by atoms with Crippen molar-refractivity contribution in [2.24, 2.45) is 5.92 Å². The summed E-state index contributed by atoms with van der Waals surface area (Å²) in [5.41, 5.74) is -0.754. The summed E-state index contributed by atoms with van der Waals surface area (Å²) in [5.74, 6) is 0.707. The van der Waals surface area contributed by atoms with Crippen molar-refractivity contribution in [1.29, 1.82) is 0 Å². The molecule has 0 bridgehead atoms. The number of nitrogens with one attached hydrogen (secondary N) is 1. The van der Waals surface area contributed by atoms with E-state index in [0.717, 1.165) is 18.7 Å². The normalized spacial score (nSPS) is 13.4. The molecule has 1 aromatic heterocycles. The topological polar surface area (TPSA) is 45.1 Å². The molecule has 18 heavy (non-hydrogen) atoms. The van der Waals surface area contributed by atoms with Gasteiger partial charge in [0, 0.05) is 19.3 Å². The van der Waals surface area contributed by atoms with Gasteiger partial charge in [0.2, 0.25) is 0 Å². The Kier molecular flexibility index (Phi) is 5.40. The van der Waals surface area contributed by atoms with E-state index in [1.54, 1.807) is 0 Å². The van der Waals surface area contributed by atoms with Gasteiger partial charge in [0.1, 0.15) is 5.82 Å². The molecule has 0 saturated carbocycles. The maximum atomic E-state index is 12.3. The molecule has 0 amide bonds. The Hall–Kier alpha value is -1.30. The molecule has 102 valence electrons. The second-order valence-electron chi connectivity index (χ2n) is 4.10. The fraction of sp³-hybridized carbons (Fsp3) is 0.583. The zero-order valence-electron chi connectivity index (χ0n) is 10.2. The van der Waals surface area contributed by atoms with E-state index in [1.165, 1.54) is 6.07 Å². The summed E-state index contributed by atoms with van der Waals surface area (Å²) < 4.78 is 36.9. The van der Waals surface area contributed by atoms with Crippen molar-refractivity contribution in [2.75, 3.05) is 18.5 Å². The molecule has 0 aliphatic rings. The van der Waals surface area contributed by atoms with Gasteiger partial charge in [-0.25, -0.2) is 4.98 Å². The van der Waals surface area contributed by atoms with E-state index in [1.807, 2.05) is 6.92 Å². The van der Waals surface area contributed by atoms with Crippen LogP contribution in [0.3, 0.4) is 0 Å². The molecule has 1 atom stereocenters. The maximum Gasteiger partial charge on any atom is 0.417 e. The van der Waals surface area contributed by atoms with E-state index in [0.29, 0.717) is 24.7 Å². The number of aromatic nitrogens is 1. The van der Waals surface area contributed by atoms with Gasteiger partial charge in [-0.2, -0.15) is 13.2 Å². The van der Waals surface area contributed by atoms with E-state index < -0.39 is 11.7 Å². The molecule has 2 N–H and O–H groups in total. The van der Waals surface area contributed by atoms with Crippen LogP contribution in [0, 0.1) is 5.92 Å². The Bertz CT molecular complexity index is 351. The SMILES string of the molecule is CCC(CCO)CNc1ccc(C(F)(F)F)cn1. The summed E-state index contributed by atoms with van der Waals surface area (Å²) in [6, 6.07) is 2.32. The number of halogens is 3. The minimum Gasteiger partial charge on any atom is -0.396 e.